The van der Waals surface area contributed by atoms with Crippen LogP contribution in [0.3, 0.4) is 0 Å². The lowest BCUT2D eigenvalue weighted by molar-refractivity contribution is -0.126. The van der Waals surface area contributed by atoms with Crippen LogP contribution in [-0.2, 0) is 66.4 Å². The van der Waals surface area contributed by atoms with Gasteiger partial charge in [0, 0.05) is 24.9 Å². The number of sulfonamides is 2. The third kappa shape index (κ3) is 16.7. The highest BCUT2D eigenvalue weighted by atomic mass is 32.2. The second kappa shape index (κ2) is 21.1. The normalized spacial score (nSPS) is 13.0. The zero-order chi connectivity index (χ0) is 45.1. The predicted octanol–water partition coefficient (Wildman–Crippen LogP) is 8.76. The summed E-state index contributed by atoms with van der Waals surface area (Å²) in [6.45, 7) is 17.3. The minimum atomic E-state index is -3.55. The first-order valence-electron chi connectivity index (χ1n) is 20.0. The highest BCUT2D eigenvalue weighted by Crippen LogP contribution is 2.25. The summed E-state index contributed by atoms with van der Waals surface area (Å²) in [5, 5.41) is 5.71. The summed E-state index contributed by atoms with van der Waals surface area (Å²) in [4.78, 5) is 25.2. The van der Waals surface area contributed by atoms with E-state index in [2.05, 4.69) is 110 Å². The van der Waals surface area contributed by atoms with Gasteiger partial charge in [0.05, 0.1) is 23.9 Å². The first-order chi connectivity index (χ1) is 27.8. The van der Waals surface area contributed by atoms with Gasteiger partial charge >= 0.3 is 0 Å². The van der Waals surface area contributed by atoms with E-state index in [9.17, 15) is 35.2 Å². The number of carbonyl (C=O) groups excluding carboxylic acids is 2. The van der Waals surface area contributed by atoms with E-state index in [1.807, 2.05) is 13.8 Å². The van der Waals surface area contributed by atoms with Crippen LogP contribution in [-0.4, -0.2) is 41.2 Å². The van der Waals surface area contributed by atoms with Gasteiger partial charge in [-0.25, -0.2) is 25.6 Å². The minimum absolute atomic E-state index is 0.0850. The van der Waals surface area contributed by atoms with Gasteiger partial charge < -0.3 is 10.6 Å². The topological polar surface area (TPSA) is 151 Å². The third-order valence-corrected chi connectivity index (χ3v) is 11.1. The van der Waals surface area contributed by atoms with Gasteiger partial charge in [-0.1, -0.05) is 116 Å². The van der Waals surface area contributed by atoms with Crippen LogP contribution >= 0.6 is 0 Å². The number of amides is 2. The van der Waals surface area contributed by atoms with Gasteiger partial charge in [0.2, 0.25) is 31.9 Å². The van der Waals surface area contributed by atoms with Crippen LogP contribution in [0.1, 0.15) is 102 Å². The fraction of sp³-hybridized carbons (Fsp3) is 0.435. The average Bonchev–Trinajstić information content (AvgIpc) is 3.15. The van der Waals surface area contributed by atoms with E-state index < -0.39 is 31.7 Å². The van der Waals surface area contributed by atoms with Crippen LogP contribution < -0.4 is 20.1 Å². The number of hydrogen-bond donors (Lipinski definition) is 4. The van der Waals surface area contributed by atoms with Crippen molar-refractivity contribution in [1.29, 1.82) is 0 Å². The summed E-state index contributed by atoms with van der Waals surface area (Å²) in [5.74, 6) is -1.90. The van der Waals surface area contributed by atoms with Crippen LogP contribution in [0.15, 0.2) is 84.9 Å². The lowest BCUT2D eigenvalue weighted by atomic mass is 9.86. The number of rotatable bonds is 16. The Kier molecular flexibility index (Phi) is 17.4. The molecule has 0 fully saturated rings. The van der Waals surface area contributed by atoms with Gasteiger partial charge in [-0.2, -0.15) is 0 Å². The van der Waals surface area contributed by atoms with Gasteiger partial charge in [0.1, 0.15) is 11.6 Å². The largest absolute Gasteiger partial charge is 0.352 e. The molecule has 2 amide bonds. The van der Waals surface area contributed by atoms with Gasteiger partial charge in [-0.15, -0.1) is 0 Å². The minimum Gasteiger partial charge on any atom is -0.352 e. The van der Waals surface area contributed by atoms with E-state index in [4.69, 9.17) is 0 Å². The highest BCUT2D eigenvalue weighted by Gasteiger charge is 2.20. The molecule has 0 aromatic heterocycles. The molecule has 328 valence electrons. The molecule has 14 heteroatoms. The zero-order valence-electron chi connectivity index (χ0n) is 36.5. The number of anilines is 2. The van der Waals surface area contributed by atoms with Crippen molar-refractivity contribution < 1.29 is 35.2 Å². The smallest absolute Gasteiger partial charge is 0.229 e. The van der Waals surface area contributed by atoms with Crippen molar-refractivity contribution in [3.63, 3.8) is 0 Å². The van der Waals surface area contributed by atoms with E-state index in [1.54, 1.807) is 12.1 Å². The summed E-state index contributed by atoms with van der Waals surface area (Å²) < 4.78 is 77.4. The second-order valence-electron chi connectivity index (χ2n) is 17.3. The molecule has 60 heavy (non-hydrogen) atoms. The highest BCUT2D eigenvalue weighted by molar-refractivity contribution is 7.92. The molecule has 0 aliphatic rings. The maximum atomic E-state index is 14.1. The van der Waals surface area contributed by atoms with Crippen LogP contribution in [0.2, 0.25) is 0 Å². The standard InChI is InChI=1S/2C23H31FN2O3S/c2*1-6-18(13-16-7-10-19(11-8-16)23(2,3)4)22(27)25-15-17-9-12-21(20(24)14-17)26-30(5,28)29/h2*7-12,14,18,26H,6,13,15H2,1-5H3,(H,25,27). The number of nitrogens with one attached hydrogen (secondary N) is 4. The third-order valence-electron chi connectivity index (χ3n) is 9.92. The van der Waals surface area contributed by atoms with Crippen LogP contribution in [0.5, 0.6) is 0 Å². The lowest BCUT2D eigenvalue weighted by Gasteiger charge is -2.20. The number of benzene rings is 4. The molecular weight excluding hydrogens is 807 g/mol. The number of carbonyl (C=O) groups is 2. The van der Waals surface area contributed by atoms with Crippen molar-refractivity contribution in [3.8, 4) is 0 Å². The first kappa shape index (κ1) is 49.5. The molecule has 0 heterocycles. The molecule has 0 saturated heterocycles. The molecule has 0 aliphatic carbocycles. The Morgan fingerprint density at radius 1 is 0.533 bits per heavy atom. The maximum Gasteiger partial charge on any atom is 0.229 e. The summed E-state index contributed by atoms with van der Waals surface area (Å²) in [6, 6.07) is 25.0. The van der Waals surface area contributed by atoms with Crippen molar-refractivity contribution in [2.75, 3.05) is 22.0 Å². The van der Waals surface area contributed by atoms with E-state index in [-0.39, 0.29) is 58.9 Å². The van der Waals surface area contributed by atoms with Gasteiger partial charge in [0.15, 0.2) is 0 Å². The van der Waals surface area contributed by atoms with Gasteiger partial charge in [-0.3, -0.25) is 19.0 Å². The monoisotopic (exact) mass is 868 g/mol. The van der Waals surface area contributed by atoms with E-state index in [0.717, 1.165) is 23.6 Å². The molecule has 0 radical (unpaired) electrons. The maximum absolute atomic E-state index is 14.1. The van der Waals surface area contributed by atoms with Crippen molar-refractivity contribution >= 4 is 43.2 Å². The van der Waals surface area contributed by atoms with E-state index >= 15 is 0 Å². The van der Waals surface area contributed by atoms with E-state index in [0.29, 0.717) is 36.8 Å². The predicted molar refractivity (Wildman–Crippen MR) is 239 cm³/mol. The van der Waals surface area contributed by atoms with E-state index in [1.165, 1.54) is 35.4 Å². The fourth-order valence-corrected chi connectivity index (χ4v) is 7.39. The summed E-state index contributed by atoms with van der Waals surface area (Å²) >= 11 is 0. The van der Waals surface area contributed by atoms with Gasteiger partial charge in [-0.05, 0) is 94.2 Å². The molecule has 0 bridgehead atoms. The Morgan fingerprint density at radius 2 is 0.833 bits per heavy atom. The quantitative estimate of drug-likeness (QED) is 0.0885. The first-order valence-corrected chi connectivity index (χ1v) is 23.8. The number of halogens is 2. The molecule has 4 rings (SSSR count). The fourth-order valence-electron chi connectivity index (χ4n) is 6.26. The molecule has 10 nitrogen and oxygen atoms in total. The Balaban J connectivity index is 0.000000320. The van der Waals surface area contributed by atoms with Crippen molar-refractivity contribution in [3.05, 3.63) is 130 Å². The summed E-state index contributed by atoms with van der Waals surface area (Å²) in [5.41, 5.74) is 5.77. The molecule has 4 N–H and O–H groups in total. The molecule has 2 unspecified atom stereocenters. The molecular formula is C46H62F2N4O6S2. The average molecular weight is 869 g/mol. The van der Waals surface area contributed by atoms with Crippen LogP contribution in [0, 0.1) is 23.5 Å². The molecule has 4 aromatic carbocycles. The SMILES string of the molecule is CCC(Cc1ccc(C(C)(C)C)cc1)C(=O)NCc1ccc(NS(C)(=O)=O)c(F)c1.CCC(Cc1ccc(C(C)(C)C)cc1)C(=O)NCc1ccc(NS(C)(=O)=O)c(F)c1. The Hall–Kier alpha value is -4.82. The summed E-state index contributed by atoms with van der Waals surface area (Å²) in [6.07, 6.45) is 4.58. The Morgan fingerprint density at radius 3 is 1.08 bits per heavy atom. The molecule has 0 saturated carbocycles. The summed E-state index contributed by atoms with van der Waals surface area (Å²) in [7, 11) is -7.11. The Bertz CT molecular complexity index is 2120. The molecule has 0 spiro atoms. The van der Waals surface area contributed by atoms with Crippen LogP contribution in [0.4, 0.5) is 20.2 Å². The zero-order valence-corrected chi connectivity index (χ0v) is 38.1. The molecule has 0 aliphatic heterocycles. The number of hydrogen-bond acceptors (Lipinski definition) is 6. The molecule has 4 aromatic rings. The van der Waals surface area contributed by atoms with Crippen LogP contribution in [0.25, 0.3) is 0 Å². The van der Waals surface area contributed by atoms with Crippen molar-refractivity contribution in [1.82, 2.24) is 10.6 Å². The van der Waals surface area contributed by atoms with Crippen molar-refractivity contribution in [2.24, 2.45) is 11.8 Å². The lowest BCUT2D eigenvalue weighted by Crippen LogP contribution is -2.31. The molecule has 2 atom stereocenters. The Labute approximate surface area is 356 Å². The van der Waals surface area contributed by atoms with Crippen molar-refractivity contribution in [2.45, 2.75) is 105 Å². The second-order valence-corrected chi connectivity index (χ2v) is 20.8. The van der Waals surface area contributed by atoms with Gasteiger partial charge in [0.25, 0.3) is 0 Å².